The molecule has 1 aliphatic rings. The zero-order chi connectivity index (χ0) is 15.4. The van der Waals surface area contributed by atoms with Gasteiger partial charge in [-0.3, -0.25) is 15.0 Å². The maximum atomic E-state index is 11.4. The quantitative estimate of drug-likeness (QED) is 0.462. The average Bonchev–Trinajstić information content (AvgIpc) is 3.06. The van der Waals surface area contributed by atoms with Crippen LogP contribution in [0.1, 0.15) is 11.1 Å². The molecule has 5 heteroatoms. The number of benzene rings is 1. The summed E-state index contributed by atoms with van der Waals surface area (Å²) in [5.74, 6) is -0.399. The van der Waals surface area contributed by atoms with E-state index >= 15 is 0 Å². The Balaban J connectivity index is 1.89. The van der Waals surface area contributed by atoms with Crippen molar-refractivity contribution in [2.24, 2.45) is 0 Å². The fourth-order valence-corrected chi connectivity index (χ4v) is 4.37. The number of hydrogen-bond donors (Lipinski definition) is 3. The summed E-state index contributed by atoms with van der Waals surface area (Å²) in [4.78, 5) is 16.6. The zero-order valence-corrected chi connectivity index (χ0v) is 12.7. The van der Waals surface area contributed by atoms with E-state index in [0.29, 0.717) is 0 Å². The van der Waals surface area contributed by atoms with Crippen molar-refractivity contribution in [2.75, 3.05) is 0 Å². The maximum absolute atomic E-state index is 11.4. The number of hydroxylamine groups is 1. The number of rotatable bonds is 4. The molecular weight excluding hydrogens is 296 g/mol. The van der Waals surface area contributed by atoms with E-state index in [4.69, 9.17) is 5.21 Å². The zero-order valence-electron chi connectivity index (χ0n) is 11.8. The van der Waals surface area contributed by atoms with E-state index in [9.17, 15) is 4.79 Å². The van der Waals surface area contributed by atoms with Crippen LogP contribution in [0.3, 0.4) is 0 Å². The number of amides is 1. The lowest BCUT2D eigenvalue weighted by Crippen LogP contribution is -2.21. The van der Waals surface area contributed by atoms with Crippen LogP contribution < -0.4 is 5.48 Å². The molecule has 0 radical (unpaired) electrons. The van der Waals surface area contributed by atoms with Crippen LogP contribution in [0.25, 0.3) is 5.57 Å². The van der Waals surface area contributed by atoms with Gasteiger partial charge in [0.05, 0.1) is 6.42 Å². The second-order valence-corrected chi connectivity index (χ2v) is 6.74. The van der Waals surface area contributed by atoms with Crippen molar-refractivity contribution < 1.29 is 10.0 Å². The lowest BCUT2D eigenvalue weighted by atomic mass is 10.1. The highest BCUT2D eigenvalue weighted by Crippen LogP contribution is 2.47. The summed E-state index contributed by atoms with van der Waals surface area (Å²) in [5.41, 5.74) is 4.95. The Morgan fingerprint density at radius 1 is 1.18 bits per heavy atom. The second-order valence-electron chi connectivity index (χ2n) is 4.88. The van der Waals surface area contributed by atoms with Crippen LogP contribution in [-0.2, 0) is 11.2 Å². The van der Waals surface area contributed by atoms with Crippen LogP contribution in [0.15, 0.2) is 70.6 Å². The third-order valence-electron chi connectivity index (χ3n) is 3.45. The molecule has 3 rings (SSSR count). The van der Waals surface area contributed by atoms with Gasteiger partial charge in [-0.1, -0.05) is 18.2 Å². The first-order valence-corrected chi connectivity index (χ1v) is 8.35. The van der Waals surface area contributed by atoms with Crippen LogP contribution >= 0.6 is 10.9 Å². The van der Waals surface area contributed by atoms with E-state index in [1.54, 1.807) is 17.9 Å². The van der Waals surface area contributed by atoms with Gasteiger partial charge in [0.25, 0.3) is 0 Å². The number of thiol groups is 1. The molecule has 0 spiro atoms. The largest absolute Gasteiger partial charge is 0.289 e. The summed E-state index contributed by atoms with van der Waals surface area (Å²) in [6, 6.07) is 11.8. The van der Waals surface area contributed by atoms with E-state index in [2.05, 4.69) is 21.9 Å². The fraction of sp³-hybridized carbons (Fsp3) is 0.0588. The Hall–Kier alpha value is -2.37. The van der Waals surface area contributed by atoms with Crippen molar-refractivity contribution in [2.45, 2.75) is 11.3 Å². The molecule has 0 fully saturated rings. The van der Waals surface area contributed by atoms with Crippen LogP contribution in [0.4, 0.5) is 0 Å². The molecule has 1 aliphatic heterocycles. The lowest BCUT2D eigenvalue weighted by Gasteiger charge is -2.15. The smallest absolute Gasteiger partial charge is 0.247 e. The highest BCUT2D eigenvalue weighted by Gasteiger charge is 2.14. The van der Waals surface area contributed by atoms with Gasteiger partial charge >= 0.3 is 0 Å². The molecule has 0 saturated carbocycles. The number of pyridine rings is 1. The van der Waals surface area contributed by atoms with Crippen molar-refractivity contribution in [3.05, 3.63) is 76.8 Å². The van der Waals surface area contributed by atoms with Gasteiger partial charge in [-0.2, -0.15) is 10.9 Å². The van der Waals surface area contributed by atoms with Gasteiger partial charge in [0.15, 0.2) is 0 Å². The Morgan fingerprint density at radius 2 is 1.95 bits per heavy atom. The monoisotopic (exact) mass is 312 g/mol. The molecule has 0 bridgehead atoms. The molecule has 4 nitrogen and oxygen atoms in total. The molecule has 1 aromatic heterocycles. The van der Waals surface area contributed by atoms with Gasteiger partial charge in [-0.05, 0) is 56.7 Å². The SMILES string of the molecule is O=C(Cc1ccccc1[SH]1C=CC(c2ccncc2)=C1)NO. The van der Waals surface area contributed by atoms with Gasteiger partial charge < -0.3 is 0 Å². The number of nitrogens with one attached hydrogen (secondary N) is 1. The lowest BCUT2D eigenvalue weighted by molar-refractivity contribution is -0.128. The molecule has 0 aliphatic carbocycles. The third-order valence-corrected chi connectivity index (χ3v) is 5.47. The first kappa shape index (κ1) is 14.6. The Morgan fingerprint density at radius 3 is 2.73 bits per heavy atom. The molecule has 2 aromatic rings. The van der Waals surface area contributed by atoms with Crippen LogP contribution in [-0.4, -0.2) is 16.1 Å². The second kappa shape index (κ2) is 6.60. The van der Waals surface area contributed by atoms with E-state index in [1.165, 1.54) is 5.57 Å². The van der Waals surface area contributed by atoms with Gasteiger partial charge in [-0.25, -0.2) is 5.48 Å². The van der Waals surface area contributed by atoms with Crippen molar-refractivity contribution in [3.63, 3.8) is 0 Å². The van der Waals surface area contributed by atoms with Gasteiger partial charge in [0.2, 0.25) is 5.91 Å². The maximum Gasteiger partial charge on any atom is 0.247 e. The topological polar surface area (TPSA) is 62.2 Å². The molecule has 2 N–H and O–H groups in total. The first-order valence-electron chi connectivity index (χ1n) is 6.87. The van der Waals surface area contributed by atoms with E-state index < -0.39 is 16.8 Å². The predicted molar refractivity (Wildman–Crippen MR) is 88.7 cm³/mol. The van der Waals surface area contributed by atoms with Crippen molar-refractivity contribution >= 4 is 22.4 Å². The molecule has 1 amide bonds. The number of allylic oxidation sites excluding steroid dienone is 2. The average molecular weight is 312 g/mol. The standard InChI is InChI=1S/C17H16N2O2S/c20-17(19-21)11-14-3-1-2-4-16(14)22-10-7-15(12-22)13-5-8-18-9-6-13/h1-10,12,21-22H,11H2,(H,19,20). The molecule has 112 valence electrons. The molecule has 0 saturated heterocycles. The highest BCUT2D eigenvalue weighted by atomic mass is 32.2. The van der Waals surface area contributed by atoms with Gasteiger partial charge in [0.1, 0.15) is 0 Å². The summed E-state index contributed by atoms with van der Waals surface area (Å²) in [6.45, 7) is 0. The predicted octanol–water partition coefficient (Wildman–Crippen LogP) is 3.06. The Kier molecular flexibility index (Phi) is 4.37. The number of hydrogen-bond acceptors (Lipinski definition) is 3. The molecular formula is C17H16N2O2S. The molecule has 1 unspecified atom stereocenters. The summed E-state index contributed by atoms with van der Waals surface area (Å²) in [5, 5.41) is 13.1. The van der Waals surface area contributed by atoms with Crippen LogP contribution in [0.5, 0.6) is 0 Å². The fourth-order valence-electron chi connectivity index (χ4n) is 2.39. The normalized spacial score (nSPS) is 18.0. The number of carbonyl (C=O) groups excluding carboxylic acids is 1. The van der Waals surface area contributed by atoms with Crippen LogP contribution in [0, 0.1) is 0 Å². The summed E-state index contributed by atoms with van der Waals surface area (Å²) < 4.78 is 0. The summed E-state index contributed by atoms with van der Waals surface area (Å²) >= 11 is 0. The Bertz CT molecular complexity index is 741. The third kappa shape index (κ3) is 3.10. The molecule has 1 atom stereocenters. The van der Waals surface area contributed by atoms with Crippen molar-refractivity contribution in [1.29, 1.82) is 0 Å². The van der Waals surface area contributed by atoms with Crippen molar-refractivity contribution in [3.8, 4) is 0 Å². The summed E-state index contributed by atoms with van der Waals surface area (Å²) in [7, 11) is -0.584. The van der Waals surface area contributed by atoms with E-state index in [1.807, 2.05) is 36.4 Å². The minimum Gasteiger partial charge on any atom is -0.289 e. The number of nitrogens with zero attached hydrogens (tertiary/aromatic N) is 1. The van der Waals surface area contributed by atoms with Gasteiger partial charge in [0, 0.05) is 12.4 Å². The van der Waals surface area contributed by atoms with E-state index in [0.717, 1.165) is 16.0 Å². The highest BCUT2D eigenvalue weighted by molar-refractivity contribution is 8.22. The summed E-state index contributed by atoms with van der Waals surface area (Å²) in [6.07, 6.45) is 5.86. The first-order chi connectivity index (χ1) is 10.8. The molecule has 2 heterocycles. The van der Waals surface area contributed by atoms with Crippen LogP contribution in [0.2, 0.25) is 0 Å². The molecule has 22 heavy (non-hydrogen) atoms. The minimum atomic E-state index is -0.584. The minimum absolute atomic E-state index is 0.178. The van der Waals surface area contributed by atoms with Gasteiger partial charge in [-0.15, -0.1) is 0 Å². The molecule has 1 aromatic carbocycles. The van der Waals surface area contributed by atoms with Crippen molar-refractivity contribution in [1.82, 2.24) is 10.5 Å². The number of carbonyl (C=O) groups is 1. The Labute approximate surface area is 131 Å². The number of aromatic nitrogens is 1. The van der Waals surface area contributed by atoms with E-state index in [-0.39, 0.29) is 6.42 Å².